The van der Waals surface area contributed by atoms with Crippen molar-refractivity contribution in [3.8, 4) is 0 Å². The summed E-state index contributed by atoms with van der Waals surface area (Å²) in [6.45, 7) is 0. The molecule has 2 rings (SSSR count). The zero-order valence-corrected chi connectivity index (χ0v) is 11.9. The van der Waals surface area contributed by atoms with Crippen LogP contribution in [-0.2, 0) is 10.0 Å². The Balaban J connectivity index is 2.29. The van der Waals surface area contributed by atoms with Crippen LogP contribution in [0, 0.1) is 0 Å². The summed E-state index contributed by atoms with van der Waals surface area (Å²) in [6.07, 6.45) is 2.70. The number of aromatic amines is 1. The Morgan fingerprint density at radius 2 is 2.00 bits per heavy atom. The summed E-state index contributed by atoms with van der Waals surface area (Å²) in [5.74, 6) is -0.615. The van der Waals surface area contributed by atoms with E-state index < -0.39 is 21.4 Å². The molecule has 1 amide bonds. The van der Waals surface area contributed by atoms with E-state index in [1.165, 1.54) is 49.8 Å². The highest BCUT2D eigenvalue weighted by molar-refractivity contribution is 7.89. The molecule has 1 aromatic carbocycles. The van der Waals surface area contributed by atoms with Gasteiger partial charge in [0.1, 0.15) is 5.56 Å². The van der Waals surface area contributed by atoms with E-state index in [4.69, 9.17) is 0 Å². The molecule has 110 valence electrons. The fourth-order valence-corrected chi connectivity index (χ4v) is 2.43. The van der Waals surface area contributed by atoms with Crippen LogP contribution in [0.5, 0.6) is 0 Å². The van der Waals surface area contributed by atoms with Gasteiger partial charge in [-0.25, -0.2) is 13.1 Å². The van der Waals surface area contributed by atoms with Crippen LogP contribution in [0.3, 0.4) is 0 Å². The third-order valence-corrected chi connectivity index (χ3v) is 4.15. The molecule has 0 fully saturated rings. The summed E-state index contributed by atoms with van der Waals surface area (Å²) in [4.78, 5) is 26.2. The first-order chi connectivity index (χ1) is 9.94. The minimum atomic E-state index is -3.60. The molecule has 0 radical (unpaired) electrons. The van der Waals surface area contributed by atoms with E-state index in [0.29, 0.717) is 0 Å². The number of aromatic nitrogens is 1. The number of pyridine rings is 1. The van der Waals surface area contributed by atoms with E-state index in [2.05, 4.69) is 15.0 Å². The number of sulfonamides is 1. The maximum atomic E-state index is 12.0. The van der Waals surface area contributed by atoms with Crippen LogP contribution in [-0.4, -0.2) is 26.4 Å². The molecule has 0 saturated carbocycles. The predicted molar refractivity (Wildman–Crippen MR) is 77.7 cm³/mol. The van der Waals surface area contributed by atoms with Crippen LogP contribution in [0.15, 0.2) is 52.4 Å². The van der Waals surface area contributed by atoms with Gasteiger partial charge in [-0.1, -0.05) is 6.07 Å². The van der Waals surface area contributed by atoms with Gasteiger partial charge in [-0.2, -0.15) is 0 Å². The Morgan fingerprint density at radius 1 is 1.24 bits per heavy atom. The Kier molecular flexibility index (Phi) is 4.20. The number of carbonyl (C=O) groups excluding carboxylic acids is 1. The minimum absolute atomic E-state index is 0.0183. The Morgan fingerprint density at radius 3 is 2.67 bits per heavy atom. The highest BCUT2D eigenvalue weighted by Gasteiger charge is 2.14. The zero-order chi connectivity index (χ0) is 15.5. The van der Waals surface area contributed by atoms with E-state index in [9.17, 15) is 18.0 Å². The molecule has 0 spiro atoms. The van der Waals surface area contributed by atoms with Gasteiger partial charge in [0.25, 0.3) is 5.91 Å². The third kappa shape index (κ3) is 3.36. The van der Waals surface area contributed by atoms with E-state index in [0.717, 1.165) is 0 Å². The summed E-state index contributed by atoms with van der Waals surface area (Å²) in [6, 6.07) is 6.97. The first-order valence-corrected chi connectivity index (χ1v) is 7.44. The summed E-state index contributed by atoms with van der Waals surface area (Å²) >= 11 is 0. The number of H-pyrrole nitrogens is 1. The van der Waals surface area contributed by atoms with Crippen molar-refractivity contribution in [3.05, 3.63) is 58.5 Å². The molecule has 0 atom stereocenters. The maximum Gasteiger partial charge on any atom is 0.261 e. The number of hydrogen-bond donors (Lipinski definition) is 3. The van der Waals surface area contributed by atoms with Gasteiger partial charge in [-0.15, -0.1) is 0 Å². The van der Waals surface area contributed by atoms with Crippen molar-refractivity contribution < 1.29 is 13.2 Å². The lowest BCUT2D eigenvalue weighted by atomic mass is 10.2. The second kappa shape index (κ2) is 5.90. The lowest BCUT2D eigenvalue weighted by Crippen LogP contribution is -2.21. The molecule has 2 aromatic rings. The van der Waals surface area contributed by atoms with Crippen molar-refractivity contribution in [2.75, 3.05) is 12.4 Å². The van der Waals surface area contributed by atoms with Gasteiger partial charge >= 0.3 is 0 Å². The molecule has 0 aliphatic heterocycles. The molecule has 3 N–H and O–H groups in total. The topological polar surface area (TPSA) is 108 Å². The zero-order valence-electron chi connectivity index (χ0n) is 11.1. The van der Waals surface area contributed by atoms with E-state index in [-0.39, 0.29) is 16.1 Å². The molecule has 8 heteroatoms. The molecule has 0 bridgehead atoms. The van der Waals surface area contributed by atoms with Gasteiger partial charge < -0.3 is 10.3 Å². The lowest BCUT2D eigenvalue weighted by molar-refractivity contribution is 0.102. The van der Waals surface area contributed by atoms with E-state index in [1.54, 1.807) is 0 Å². The van der Waals surface area contributed by atoms with Gasteiger partial charge in [0.05, 0.1) is 4.90 Å². The Labute approximate surface area is 121 Å². The van der Waals surface area contributed by atoms with Crippen molar-refractivity contribution in [2.24, 2.45) is 0 Å². The Hall–Kier alpha value is -2.45. The normalized spacial score (nSPS) is 11.1. The Bertz CT molecular complexity index is 827. The SMILES string of the molecule is CNS(=O)(=O)c1cccc(NC(=O)c2c[nH]ccc2=O)c1. The second-order valence-electron chi connectivity index (χ2n) is 4.11. The molecular formula is C13H13N3O4S. The minimum Gasteiger partial charge on any atom is -0.367 e. The van der Waals surface area contributed by atoms with Crippen molar-refractivity contribution in [3.63, 3.8) is 0 Å². The predicted octanol–water partition coefficient (Wildman–Crippen LogP) is 0.535. The molecule has 21 heavy (non-hydrogen) atoms. The fourth-order valence-electron chi connectivity index (χ4n) is 1.65. The number of amides is 1. The largest absolute Gasteiger partial charge is 0.367 e. The molecule has 0 saturated heterocycles. The van der Waals surface area contributed by atoms with Crippen LogP contribution < -0.4 is 15.5 Å². The van der Waals surface area contributed by atoms with Crippen molar-refractivity contribution in [1.29, 1.82) is 0 Å². The van der Waals surface area contributed by atoms with Gasteiger partial charge in [0.2, 0.25) is 10.0 Å². The van der Waals surface area contributed by atoms with E-state index >= 15 is 0 Å². The standard InChI is InChI=1S/C13H13N3O4S/c1-14-21(19,20)10-4-2-3-9(7-10)16-13(18)11-8-15-6-5-12(11)17/h2-8,14H,1H3,(H,15,17)(H,16,18). The quantitative estimate of drug-likeness (QED) is 0.766. The van der Waals surface area contributed by atoms with Crippen LogP contribution >= 0.6 is 0 Å². The van der Waals surface area contributed by atoms with Crippen LogP contribution in [0.25, 0.3) is 0 Å². The van der Waals surface area contributed by atoms with Gasteiger partial charge in [0, 0.05) is 24.1 Å². The molecule has 1 heterocycles. The van der Waals surface area contributed by atoms with Gasteiger partial charge in [0.15, 0.2) is 5.43 Å². The van der Waals surface area contributed by atoms with Crippen molar-refractivity contribution in [2.45, 2.75) is 4.90 Å². The number of carbonyl (C=O) groups is 1. The first kappa shape index (κ1) is 14.9. The number of anilines is 1. The van der Waals surface area contributed by atoms with Crippen LogP contribution in [0.1, 0.15) is 10.4 Å². The second-order valence-corrected chi connectivity index (χ2v) is 6.00. The third-order valence-electron chi connectivity index (χ3n) is 2.74. The van der Waals surface area contributed by atoms with Crippen molar-refractivity contribution in [1.82, 2.24) is 9.71 Å². The fraction of sp³-hybridized carbons (Fsp3) is 0.0769. The van der Waals surface area contributed by atoms with Gasteiger partial charge in [-0.3, -0.25) is 9.59 Å². The number of rotatable bonds is 4. The van der Waals surface area contributed by atoms with E-state index in [1.807, 2.05) is 0 Å². The number of hydrogen-bond acceptors (Lipinski definition) is 4. The van der Waals surface area contributed by atoms with Gasteiger partial charge in [-0.05, 0) is 25.2 Å². The molecular weight excluding hydrogens is 294 g/mol. The van der Waals surface area contributed by atoms with Crippen LogP contribution in [0.2, 0.25) is 0 Å². The average Bonchev–Trinajstić information content (AvgIpc) is 2.48. The summed E-state index contributed by atoms with van der Waals surface area (Å²) in [7, 11) is -2.30. The highest BCUT2D eigenvalue weighted by atomic mass is 32.2. The average molecular weight is 307 g/mol. The summed E-state index contributed by atoms with van der Waals surface area (Å²) < 4.78 is 25.6. The summed E-state index contributed by atoms with van der Waals surface area (Å²) in [5, 5.41) is 2.48. The molecule has 7 nitrogen and oxygen atoms in total. The number of benzene rings is 1. The first-order valence-electron chi connectivity index (χ1n) is 5.96. The smallest absolute Gasteiger partial charge is 0.261 e. The molecule has 0 unspecified atom stereocenters. The highest BCUT2D eigenvalue weighted by Crippen LogP contribution is 2.15. The van der Waals surface area contributed by atoms with Crippen LogP contribution in [0.4, 0.5) is 5.69 Å². The monoisotopic (exact) mass is 307 g/mol. The maximum absolute atomic E-state index is 12.0. The molecule has 0 aliphatic carbocycles. The summed E-state index contributed by atoms with van der Waals surface area (Å²) in [5.41, 5.74) is -0.204. The van der Waals surface area contributed by atoms with Crippen molar-refractivity contribution >= 4 is 21.6 Å². The number of nitrogens with one attached hydrogen (secondary N) is 3. The molecule has 1 aromatic heterocycles. The lowest BCUT2D eigenvalue weighted by Gasteiger charge is -2.07. The molecule has 0 aliphatic rings.